The van der Waals surface area contributed by atoms with E-state index in [2.05, 4.69) is 0 Å². The molecule has 0 radical (unpaired) electrons. The van der Waals surface area contributed by atoms with Crippen molar-refractivity contribution in [1.29, 1.82) is 0 Å². The summed E-state index contributed by atoms with van der Waals surface area (Å²) in [5.74, 6) is 2.77. The molecule has 1 aliphatic carbocycles. The third kappa shape index (κ3) is 2.81. The molecule has 6 nitrogen and oxygen atoms in total. The molecule has 3 heterocycles. The van der Waals surface area contributed by atoms with Crippen LogP contribution in [0.1, 0.15) is 37.7 Å². The van der Waals surface area contributed by atoms with Crippen LogP contribution >= 0.6 is 0 Å². The fraction of sp³-hybridized carbons (Fsp3) is 0.600. The van der Waals surface area contributed by atoms with Crippen molar-refractivity contribution in [2.24, 2.45) is 11.8 Å². The van der Waals surface area contributed by atoms with E-state index in [9.17, 15) is 9.59 Å². The summed E-state index contributed by atoms with van der Waals surface area (Å²) in [6.07, 6.45) is 4.47. The van der Waals surface area contributed by atoms with Crippen molar-refractivity contribution in [2.45, 2.75) is 44.7 Å². The number of amides is 2. The smallest absolute Gasteiger partial charge is 0.231 e. The SMILES string of the molecule is O=C(C1CC1)N1CC[C@@H]2[C@@H](CCC(=O)N2Cc2ccc3c(c2)OCO3)C1. The number of carbonyl (C=O) groups is 2. The van der Waals surface area contributed by atoms with Gasteiger partial charge in [-0.1, -0.05) is 6.07 Å². The predicted octanol–water partition coefficient (Wildman–Crippen LogP) is 2.16. The first-order chi connectivity index (χ1) is 12.7. The Morgan fingerprint density at radius 1 is 1.12 bits per heavy atom. The number of carbonyl (C=O) groups excluding carboxylic acids is 2. The van der Waals surface area contributed by atoms with Gasteiger partial charge in [-0.15, -0.1) is 0 Å². The molecule has 1 saturated carbocycles. The van der Waals surface area contributed by atoms with Crippen LogP contribution < -0.4 is 9.47 Å². The minimum absolute atomic E-state index is 0.228. The van der Waals surface area contributed by atoms with Gasteiger partial charge in [-0.2, -0.15) is 0 Å². The van der Waals surface area contributed by atoms with Crippen molar-refractivity contribution in [3.8, 4) is 11.5 Å². The van der Waals surface area contributed by atoms with Gasteiger partial charge < -0.3 is 19.3 Å². The molecule has 26 heavy (non-hydrogen) atoms. The molecule has 2 amide bonds. The van der Waals surface area contributed by atoms with Crippen molar-refractivity contribution in [3.63, 3.8) is 0 Å². The summed E-state index contributed by atoms with van der Waals surface area (Å²) >= 11 is 0. The maximum absolute atomic E-state index is 12.6. The second-order valence-electron chi connectivity index (χ2n) is 7.92. The Morgan fingerprint density at radius 3 is 2.81 bits per heavy atom. The number of rotatable bonds is 3. The summed E-state index contributed by atoms with van der Waals surface area (Å²) < 4.78 is 10.8. The highest BCUT2D eigenvalue weighted by Crippen LogP contribution is 2.37. The minimum atomic E-state index is 0.228. The van der Waals surface area contributed by atoms with Crippen LogP contribution in [-0.2, 0) is 16.1 Å². The molecule has 0 unspecified atom stereocenters. The lowest BCUT2D eigenvalue weighted by Crippen LogP contribution is -2.56. The van der Waals surface area contributed by atoms with E-state index in [1.54, 1.807) is 0 Å². The number of hydrogen-bond donors (Lipinski definition) is 0. The number of fused-ring (bicyclic) bond motifs is 2. The van der Waals surface area contributed by atoms with E-state index < -0.39 is 0 Å². The van der Waals surface area contributed by atoms with Crippen LogP contribution in [0.5, 0.6) is 11.5 Å². The number of likely N-dealkylation sites (tertiary alicyclic amines) is 2. The molecule has 2 atom stereocenters. The number of nitrogens with zero attached hydrogens (tertiary/aromatic N) is 2. The molecular weight excluding hydrogens is 332 g/mol. The summed E-state index contributed by atoms with van der Waals surface area (Å²) in [6, 6.07) is 6.15. The van der Waals surface area contributed by atoms with Gasteiger partial charge in [0.2, 0.25) is 18.6 Å². The van der Waals surface area contributed by atoms with E-state index in [4.69, 9.17) is 9.47 Å². The van der Waals surface area contributed by atoms with Crippen molar-refractivity contribution in [2.75, 3.05) is 19.9 Å². The maximum Gasteiger partial charge on any atom is 0.231 e. The van der Waals surface area contributed by atoms with E-state index in [0.29, 0.717) is 24.8 Å². The van der Waals surface area contributed by atoms with Gasteiger partial charge in [0.05, 0.1) is 0 Å². The quantitative estimate of drug-likeness (QED) is 0.833. The average molecular weight is 356 g/mol. The second kappa shape index (κ2) is 6.18. The molecule has 2 saturated heterocycles. The Labute approximate surface area is 153 Å². The fourth-order valence-electron chi connectivity index (χ4n) is 4.58. The molecule has 1 aromatic rings. The van der Waals surface area contributed by atoms with Crippen LogP contribution in [0.15, 0.2) is 18.2 Å². The monoisotopic (exact) mass is 356 g/mol. The lowest BCUT2D eigenvalue weighted by Gasteiger charge is -2.47. The molecule has 138 valence electrons. The second-order valence-corrected chi connectivity index (χ2v) is 7.92. The van der Waals surface area contributed by atoms with Crippen LogP contribution in [0.3, 0.4) is 0 Å². The molecule has 5 rings (SSSR count). The van der Waals surface area contributed by atoms with E-state index >= 15 is 0 Å². The highest BCUT2D eigenvalue weighted by molar-refractivity contribution is 5.81. The molecule has 0 N–H and O–H groups in total. The van der Waals surface area contributed by atoms with Crippen molar-refractivity contribution >= 4 is 11.8 Å². The minimum Gasteiger partial charge on any atom is -0.454 e. The zero-order chi connectivity index (χ0) is 17.7. The van der Waals surface area contributed by atoms with E-state index in [1.807, 2.05) is 28.0 Å². The number of piperidine rings is 2. The van der Waals surface area contributed by atoms with Gasteiger partial charge in [-0.3, -0.25) is 9.59 Å². The topological polar surface area (TPSA) is 59.1 Å². The van der Waals surface area contributed by atoms with E-state index in [-0.39, 0.29) is 24.7 Å². The van der Waals surface area contributed by atoms with Crippen LogP contribution in [-0.4, -0.2) is 47.5 Å². The molecule has 3 aliphatic heterocycles. The predicted molar refractivity (Wildman–Crippen MR) is 93.5 cm³/mol. The van der Waals surface area contributed by atoms with Gasteiger partial charge in [0, 0.05) is 38.0 Å². The van der Waals surface area contributed by atoms with Gasteiger partial charge in [-0.25, -0.2) is 0 Å². The fourth-order valence-corrected chi connectivity index (χ4v) is 4.58. The standard InChI is InChI=1S/C20H24N2O4/c23-19-6-4-15-11-21(20(24)14-2-3-14)8-7-16(15)22(19)10-13-1-5-17-18(9-13)26-12-25-17/h1,5,9,14-16H,2-4,6-8,10-12H2/t15-,16+/m0/s1. The molecule has 0 bridgehead atoms. The highest BCUT2D eigenvalue weighted by Gasteiger charge is 2.42. The first-order valence-electron chi connectivity index (χ1n) is 9.66. The Bertz CT molecular complexity index is 745. The third-order valence-electron chi connectivity index (χ3n) is 6.17. The first-order valence-corrected chi connectivity index (χ1v) is 9.66. The molecular formula is C20H24N2O4. The van der Waals surface area contributed by atoms with Gasteiger partial charge in [0.25, 0.3) is 0 Å². The van der Waals surface area contributed by atoms with E-state index in [1.165, 1.54) is 0 Å². The average Bonchev–Trinajstić information content (AvgIpc) is 3.41. The number of benzene rings is 1. The summed E-state index contributed by atoms with van der Waals surface area (Å²) in [5.41, 5.74) is 1.07. The van der Waals surface area contributed by atoms with Crippen LogP contribution in [0, 0.1) is 11.8 Å². The lowest BCUT2D eigenvalue weighted by atomic mass is 9.83. The molecule has 1 aromatic carbocycles. The maximum atomic E-state index is 12.6. The largest absolute Gasteiger partial charge is 0.454 e. The van der Waals surface area contributed by atoms with Crippen molar-refractivity contribution < 1.29 is 19.1 Å². The van der Waals surface area contributed by atoms with Crippen LogP contribution in [0.25, 0.3) is 0 Å². The Morgan fingerprint density at radius 2 is 1.96 bits per heavy atom. The summed E-state index contributed by atoms with van der Waals surface area (Å²) in [5, 5.41) is 0. The molecule has 6 heteroatoms. The zero-order valence-electron chi connectivity index (χ0n) is 14.9. The van der Waals surface area contributed by atoms with Crippen molar-refractivity contribution in [3.05, 3.63) is 23.8 Å². The summed E-state index contributed by atoms with van der Waals surface area (Å²) in [6.45, 7) is 2.45. The Hall–Kier alpha value is -2.24. The molecule has 4 aliphatic rings. The van der Waals surface area contributed by atoms with Crippen LogP contribution in [0.4, 0.5) is 0 Å². The molecule has 0 spiro atoms. The summed E-state index contributed by atoms with van der Waals surface area (Å²) in [4.78, 5) is 29.1. The Balaban J connectivity index is 1.30. The lowest BCUT2D eigenvalue weighted by molar-refractivity contribution is -0.145. The zero-order valence-corrected chi connectivity index (χ0v) is 14.9. The highest BCUT2D eigenvalue weighted by atomic mass is 16.7. The van der Waals surface area contributed by atoms with Crippen LogP contribution in [0.2, 0.25) is 0 Å². The number of ether oxygens (including phenoxy) is 2. The summed E-state index contributed by atoms with van der Waals surface area (Å²) in [7, 11) is 0. The molecule has 3 fully saturated rings. The van der Waals surface area contributed by atoms with Gasteiger partial charge in [-0.05, 0) is 49.3 Å². The third-order valence-corrected chi connectivity index (χ3v) is 6.17. The number of hydrogen-bond acceptors (Lipinski definition) is 4. The normalized spacial score (nSPS) is 27.5. The van der Waals surface area contributed by atoms with Gasteiger partial charge >= 0.3 is 0 Å². The molecule has 0 aromatic heterocycles. The van der Waals surface area contributed by atoms with Crippen molar-refractivity contribution in [1.82, 2.24) is 9.80 Å². The van der Waals surface area contributed by atoms with E-state index in [0.717, 1.165) is 55.8 Å². The Kier molecular flexibility index (Phi) is 3.80. The first kappa shape index (κ1) is 16.0. The van der Waals surface area contributed by atoms with Gasteiger partial charge in [0.1, 0.15) is 0 Å². The van der Waals surface area contributed by atoms with Gasteiger partial charge in [0.15, 0.2) is 11.5 Å².